The number of alkyl halides is 1. The van der Waals surface area contributed by atoms with Crippen LogP contribution in [-0.2, 0) is 9.47 Å². The molecule has 2 N–H and O–H groups in total. The van der Waals surface area contributed by atoms with Crippen LogP contribution < -0.4 is 0 Å². The van der Waals surface area contributed by atoms with Crippen molar-refractivity contribution in [2.75, 3.05) is 6.61 Å². The zero-order chi connectivity index (χ0) is 13.3. The second-order valence-electron chi connectivity index (χ2n) is 4.71. The molecule has 0 bridgehead atoms. The van der Waals surface area contributed by atoms with E-state index >= 15 is 0 Å². The molecule has 0 amide bonds. The van der Waals surface area contributed by atoms with Gasteiger partial charge in [0.05, 0.1) is 6.61 Å². The minimum absolute atomic E-state index is 0.0133. The fraction of sp³-hybridized carbons (Fsp3) is 0.727. The molecule has 1 aliphatic heterocycles. The van der Waals surface area contributed by atoms with Crippen molar-refractivity contribution >= 4 is 0 Å². The summed E-state index contributed by atoms with van der Waals surface area (Å²) in [5.74, 6) is -0.964. The highest BCUT2D eigenvalue weighted by atomic mass is 19.1. The number of hydrogen-bond donors (Lipinski definition) is 2. The highest BCUT2D eigenvalue weighted by Crippen LogP contribution is 2.28. The number of ether oxygens (including phenoxy) is 2. The Morgan fingerprint density at radius 1 is 1.56 bits per heavy atom. The van der Waals surface area contributed by atoms with Gasteiger partial charge in [0, 0.05) is 12.4 Å². The Labute approximate surface area is 104 Å². The van der Waals surface area contributed by atoms with Crippen molar-refractivity contribution in [3.63, 3.8) is 0 Å². The Kier molecular flexibility index (Phi) is 3.67. The average molecular weight is 260 g/mol. The van der Waals surface area contributed by atoms with Crippen LogP contribution in [0.15, 0.2) is 18.5 Å². The van der Waals surface area contributed by atoms with E-state index in [1.54, 1.807) is 19.9 Å². The first-order chi connectivity index (χ1) is 8.41. The van der Waals surface area contributed by atoms with Crippen LogP contribution in [-0.4, -0.2) is 50.7 Å². The fourth-order valence-electron chi connectivity index (χ4n) is 1.86. The normalized spacial score (nSPS) is 30.9. The van der Waals surface area contributed by atoms with Crippen LogP contribution in [0.3, 0.4) is 0 Å². The maximum Gasteiger partial charge on any atom is 0.219 e. The van der Waals surface area contributed by atoms with Gasteiger partial charge in [0.25, 0.3) is 0 Å². The van der Waals surface area contributed by atoms with Gasteiger partial charge in [-0.15, -0.1) is 0 Å². The van der Waals surface area contributed by atoms with Crippen LogP contribution in [0, 0.1) is 0 Å². The molecular formula is C11H17FN2O4. The van der Waals surface area contributed by atoms with E-state index in [0.29, 0.717) is 0 Å². The van der Waals surface area contributed by atoms with Crippen LogP contribution in [0.2, 0.25) is 0 Å². The number of aliphatic hydroxyl groups excluding tert-OH is 2. The number of aromatic nitrogens is 2. The Morgan fingerprint density at radius 3 is 2.89 bits per heavy atom. The van der Waals surface area contributed by atoms with E-state index in [4.69, 9.17) is 9.47 Å². The molecular weight excluding hydrogens is 243 g/mol. The summed E-state index contributed by atoms with van der Waals surface area (Å²) in [6.07, 6.45) is -2.65. The molecule has 1 aromatic rings. The number of rotatable bonds is 3. The van der Waals surface area contributed by atoms with Crippen LogP contribution >= 0.6 is 0 Å². The molecule has 7 heteroatoms. The van der Waals surface area contributed by atoms with Gasteiger partial charge in [-0.05, 0) is 19.9 Å². The molecule has 1 fully saturated rings. The van der Waals surface area contributed by atoms with Crippen LogP contribution in [0.5, 0.6) is 0 Å². The second-order valence-corrected chi connectivity index (χ2v) is 4.71. The van der Waals surface area contributed by atoms with E-state index in [2.05, 4.69) is 5.10 Å². The van der Waals surface area contributed by atoms with Gasteiger partial charge in [-0.3, -0.25) is 0 Å². The van der Waals surface area contributed by atoms with Crippen molar-refractivity contribution in [1.82, 2.24) is 9.78 Å². The number of halogens is 1. The van der Waals surface area contributed by atoms with Gasteiger partial charge in [0.15, 0.2) is 5.79 Å². The summed E-state index contributed by atoms with van der Waals surface area (Å²) in [6, 6.07) is 1.55. The lowest BCUT2D eigenvalue weighted by atomic mass is 10.1. The molecule has 0 unspecified atom stereocenters. The molecule has 1 saturated heterocycles. The predicted octanol–water partition coefficient (Wildman–Crippen LogP) is 0.224. The van der Waals surface area contributed by atoms with E-state index < -0.39 is 30.4 Å². The fourth-order valence-corrected chi connectivity index (χ4v) is 1.86. The smallest absolute Gasteiger partial charge is 0.219 e. The molecule has 1 aliphatic rings. The molecule has 0 spiro atoms. The lowest BCUT2D eigenvalue weighted by Gasteiger charge is -2.41. The minimum Gasteiger partial charge on any atom is -0.388 e. The van der Waals surface area contributed by atoms with Gasteiger partial charge in [0.2, 0.25) is 6.30 Å². The molecule has 6 nitrogen and oxygen atoms in total. The van der Waals surface area contributed by atoms with E-state index in [0.717, 1.165) is 4.68 Å². The van der Waals surface area contributed by atoms with Gasteiger partial charge in [-0.2, -0.15) is 5.10 Å². The molecule has 18 heavy (non-hydrogen) atoms. The summed E-state index contributed by atoms with van der Waals surface area (Å²) in [5, 5.41) is 23.4. The predicted molar refractivity (Wildman–Crippen MR) is 59.3 cm³/mol. The third kappa shape index (κ3) is 2.69. The Balaban J connectivity index is 2.09. The van der Waals surface area contributed by atoms with E-state index in [-0.39, 0.29) is 6.61 Å². The summed E-state index contributed by atoms with van der Waals surface area (Å²) >= 11 is 0. The average Bonchev–Trinajstić information content (AvgIpc) is 2.84. The van der Waals surface area contributed by atoms with Gasteiger partial charge in [0.1, 0.15) is 18.3 Å². The van der Waals surface area contributed by atoms with E-state index in [1.807, 2.05) is 0 Å². The van der Waals surface area contributed by atoms with Gasteiger partial charge < -0.3 is 19.7 Å². The largest absolute Gasteiger partial charge is 0.388 e. The van der Waals surface area contributed by atoms with Crippen LogP contribution in [0.25, 0.3) is 0 Å². The molecule has 0 aromatic carbocycles. The van der Waals surface area contributed by atoms with Crippen LogP contribution in [0.1, 0.15) is 20.1 Å². The number of nitrogens with zero attached hydrogens (tertiary/aromatic N) is 2. The SMILES string of the molecule is CC1(C)OC[C@@H](O)[C@H]([C@@H](O)[C@H](F)n2cccn2)O1. The Morgan fingerprint density at radius 2 is 2.28 bits per heavy atom. The maximum absolute atomic E-state index is 14.0. The van der Waals surface area contributed by atoms with Crippen molar-refractivity contribution in [2.45, 2.75) is 44.2 Å². The van der Waals surface area contributed by atoms with E-state index in [9.17, 15) is 14.6 Å². The van der Waals surface area contributed by atoms with Gasteiger partial charge >= 0.3 is 0 Å². The summed E-state index contributed by atoms with van der Waals surface area (Å²) in [6.45, 7) is 3.26. The number of aliphatic hydroxyl groups is 2. The highest BCUT2D eigenvalue weighted by molar-refractivity contribution is 4.88. The molecule has 2 rings (SSSR count). The summed E-state index contributed by atoms with van der Waals surface area (Å²) in [4.78, 5) is 0. The molecule has 0 saturated carbocycles. The second kappa shape index (κ2) is 4.93. The summed E-state index contributed by atoms with van der Waals surface area (Å²) < 4.78 is 25.5. The van der Waals surface area contributed by atoms with Crippen molar-refractivity contribution in [1.29, 1.82) is 0 Å². The van der Waals surface area contributed by atoms with Crippen LogP contribution in [0.4, 0.5) is 4.39 Å². The minimum atomic E-state index is -1.78. The molecule has 0 radical (unpaired) electrons. The Bertz CT molecular complexity index is 384. The first kappa shape index (κ1) is 13.4. The van der Waals surface area contributed by atoms with Crippen molar-refractivity contribution in [3.05, 3.63) is 18.5 Å². The maximum atomic E-state index is 14.0. The summed E-state index contributed by atoms with van der Waals surface area (Å²) in [7, 11) is 0. The molecule has 0 aliphatic carbocycles. The molecule has 1 aromatic heterocycles. The quantitative estimate of drug-likeness (QED) is 0.813. The lowest BCUT2D eigenvalue weighted by Crippen LogP contribution is -2.55. The summed E-state index contributed by atoms with van der Waals surface area (Å²) in [5.41, 5.74) is 0. The van der Waals surface area contributed by atoms with Gasteiger partial charge in [-0.1, -0.05) is 0 Å². The van der Waals surface area contributed by atoms with Crippen molar-refractivity contribution in [3.8, 4) is 0 Å². The first-order valence-corrected chi connectivity index (χ1v) is 5.72. The number of hydrogen-bond acceptors (Lipinski definition) is 5. The third-order valence-corrected chi connectivity index (χ3v) is 2.80. The highest BCUT2D eigenvalue weighted by Gasteiger charge is 2.43. The van der Waals surface area contributed by atoms with E-state index in [1.165, 1.54) is 12.4 Å². The zero-order valence-electron chi connectivity index (χ0n) is 10.2. The molecule has 4 atom stereocenters. The zero-order valence-corrected chi connectivity index (χ0v) is 10.2. The standard InChI is InChI=1S/C11H17FN2O4/c1-11(2)17-6-7(15)9(18-11)8(16)10(12)14-5-3-4-13-14/h3-5,7-10,15-16H,6H2,1-2H3/t7-,8-,9-,10-/m1/s1. The topological polar surface area (TPSA) is 76.7 Å². The van der Waals surface area contributed by atoms with Crippen molar-refractivity contribution in [2.24, 2.45) is 0 Å². The Hall–Kier alpha value is -1.02. The molecule has 102 valence electrons. The monoisotopic (exact) mass is 260 g/mol. The van der Waals surface area contributed by atoms with Gasteiger partial charge in [-0.25, -0.2) is 9.07 Å². The van der Waals surface area contributed by atoms with Crippen molar-refractivity contribution < 1.29 is 24.1 Å². The molecule has 2 heterocycles. The lowest BCUT2D eigenvalue weighted by molar-refractivity contribution is -0.324. The third-order valence-electron chi connectivity index (χ3n) is 2.80. The first-order valence-electron chi connectivity index (χ1n) is 5.72.